The molecule has 3 amide bonds. The van der Waals surface area contributed by atoms with E-state index < -0.39 is 5.92 Å². The second kappa shape index (κ2) is 6.16. The lowest BCUT2D eigenvalue weighted by atomic mass is 9.85. The lowest BCUT2D eigenvalue weighted by molar-refractivity contribution is -0.142. The summed E-state index contributed by atoms with van der Waals surface area (Å²) in [5.41, 5.74) is 1.60. The first-order chi connectivity index (χ1) is 11.0. The fraction of sp³-hybridized carbons (Fsp3) is 0.353. The summed E-state index contributed by atoms with van der Waals surface area (Å²) in [5, 5.41) is 3.35. The molecule has 6 heteroatoms. The van der Waals surface area contributed by atoms with E-state index in [1.807, 2.05) is 25.1 Å². The molecule has 1 aliphatic heterocycles. The number of para-hydroxylation sites is 1. The SMILES string of the molecule is Cc1ccccc1NC(=O)CN1C(=O)[C@H]2CC=C(Cl)C[C@@H]2C1=O. The molecule has 1 aliphatic carbocycles. The van der Waals surface area contributed by atoms with E-state index in [1.54, 1.807) is 12.1 Å². The summed E-state index contributed by atoms with van der Waals surface area (Å²) in [4.78, 5) is 38.0. The highest BCUT2D eigenvalue weighted by Gasteiger charge is 2.48. The first-order valence-electron chi connectivity index (χ1n) is 7.52. The number of fused-ring (bicyclic) bond motifs is 1. The Bertz CT molecular complexity index is 714. The van der Waals surface area contributed by atoms with Crippen LogP contribution in [0.3, 0.4) is 0 Å². The molecule has 0 unspecified atom stereocenters. The van der Waals surface area contributed by atoms with E-state index in [9.17, 15) is 14.4 Å². The van der Waals surface area contributed by atoms with Crippen molar-refractivity contribution in [3.8, 4) is 0 Å². The van der Waals surface area contributed by atoms with Gasteiger partial charge >= 0.3 is 0 Å². The van der Waals surface area contributed by atoms with E-state index in [2.05, 4.69) is 5.32 Å². The topological polar surface area (TPSA) is 66.5 Å². The molecule has 0 saturated carbocycles. The predicted molar refractivity (Wildman–Crippen MR) is 86.7 cm³/mol. The van der Waals surface area contributed by atoms with E-state index in [-0.39, 0.29) is 30.2 Å². The maximum atomic E-state index is 12.4. The number of nitrogens with zero attached hydrogens (tertiary/aromatic N) is 1. The molecule has 1 N–H and O–H groups in total. The number of carbonyl (C=O) groups is 3. The van der Waals surface area contributed by atoms with Crippen molar-refractivity contribution in [1.29, 1.82) is 0 Å². The van der Waals surface area contributed by atoms with Crippen LogP contribution in [0, 0.1) is 18.8 Å². The summed E-state index contributed by atoms with van der Waals surface area (Å²) >= 11 is 5.97. The number of halogens is 1. The summed E-state index contributed by atoms with van der Waals surface area (Å²) in [6, 6.07) is 7.35. The molecule has 1 saturated heterocycles. The highest BCUT2D eigenvalue weighted by atomic mass is 35.5. The van der Waals surface area contributed by atoms with Gasteiger partial charge in [-0.05, 0) is 31.4 Å². The number of amides is 3. The largest absolute Gasteiger partial charge is 0.324 e. The van der Waals surface area contributed by atoms with Gasteiger partial charge in [0.2, 0.25) is 17.7 Å². The predicted octanol–water partition coefficient (Wildman–Crippen LogP) is 2.45. The van der Waals surface area contributed by atoms with Crippen molar-refractivity contribution in [2.24, 2.45) is 11.8 Å². The number of carbonyl (C=O) groups excluding carboxylic acids is 3. The standard InChI is InChI=1S/C17H17ClN2O3/c1-10-4-2-3-5-14(10)19-15(21)9-20-16(22)12-7-6-11(18)8-13(12)17(20)23/h2-6,12-13H,7-9H2,1H3,(H,19,21)/t12-,13-/m0/s1. The van der Waals surface area contributed by atoms with Crippen LogP contribution in [0.1, 0.15) is 18.4 Å². The summed E-state index contributed by atoms with van der Waals surface area (Å²) in [6.07, 6.45) is 2.63. The lowest BCUT2D eigenvalue weighted by Gasteiger charge is -2.17. The van der Waals surface area contributed by atoms with Crippen LogP contribution < -0.4 is 5.32 Å². The molecule has 2 aliphatic rings. The Balaban J connectivity index is 1.69. The molecule has 1 aromatic rings. The van der Waals surface area contributed by atoms with Crippen molar-refractivity contribution < 1.29 is 14.4 Å². The van der Waals surface area contributed by atoms with Crippen LogP contribution in [0.25, 0.3) is 0 Å². The van der Waals surface area contributed by atoms with Crippen LogP contribution in [0.2, 0.25) is 0 Å². The minimum absolute atomic E-state index is 0.253. The van der Waals surface area contributed by atoms with Gasteiger partial charge in [0.05, 0.1) is 11.8 Å². The van der Waals surface area contributed by atoms with Gasteiger partial charge in [-0.15, -0.1) is 0 Å². The fourth-order valence-electron chi connectivity index (χ4n) is 3.10. The van der Waals surface area contributed by atoms with Crippen molar-refractivity contribution >= 4 is 35.0 Å². The zero-order valence-corrected chi connectivity index (χ0v) is 13.5. The van der Waals surface area contributed by atoms with Crippen LogP contribution in [0.15, 0.2) is 35.4 Å². The van der Waals surface area contributed by atoms with E-state index in [1.165, 1.54) is 0 Å². The van der Waals surface area contributed by atoms with Gasteiger partial charge in [-0.3, -0.25) is 19.3 Å². The molecule has 0 spiro atoms. The molecule has 120 valence electrons. The quantitative estimate of drug-likeness (QED) is 0.865. The Labute approximate surface area is 139 Å². The number of nitrogens with one attached hydrogen (secondary N) is 1. The van der Waals surface area contributed by atoms with E-state index in [0.717, 1.165) is 10.5 Å². The van der Waals surface area contributed by atoms with E-state index in [0.29, 0.717) is 23.6 Å². The maximum Gasteiger partial charge on any atom is 0.244 e. The highest BCUT2D eigenvalue weighted by Crippen LogP contribution is 2.38. The molecule has 3 rings (SSSR count). The average Bonchev–Trinajstić information content (AvgIpc) is 2.74. The van der Waals surface area contributed by atoms with Crippen molar-refractivity contribution in [3.05, 3.63) is 40.9 Å². The number of anilines is 1. The van der Waals surface area contributed by atoms with Crippen LogP contribution in [-0.2, 0) is 14.4 Å². The van der Waals surface area contributed by atoms with Gasteiger partial charge in [0.15, 0.2) is 0 Å². The van der Waals surface area contributed by atoms with Gasteiger partial charge in [-0.1, -0.05) is 35.9 Å². The number of imide groups is 1. The molecule has 1 fully saturated rings. The smallest absolute Gasteiger partial charge is 0.244 e. The molecule has 0 aromatic heterocycles. The Hall–Kier alpha value is -2.14. The minimum atomic E-state index is -0.425. The normalized spacial score (nSPS) is 23.6. The first kappa shape index (κ1) is 15.7. The first-order valence-corrected chi connectivity index (χ1v) is 7.90. The third-order valence-corrected chi connectivity index (χ3v) is 4.69. The molecule has 0 radical (unpaired) electrons. The molecule has 1 heterocycles. The average molecular weight is 333 g/mol. The third-order valence-electron chi connectivity index (χ3n) is 4.38. The second-order valence-electron chi connectivity index (χ2n) is 5.93. The number of likely N-dealkylation sites (tertiary alicyclic amines) is 1. The summed E-state index contributed by atoms with van der Waals surface area (Å²) in [5.74, 6) is -1.76. The maximum absolute atomic E-state index is 12.4. The molecule has 23 heavy (non-hydrogen) atoms. The van der Waals surface area contributed by atoms with Gasteiger partial charge < -0.3 is 5.32 Å². The Morgan fingerprint density at radius 3 is 2.70 bits per heavy atom. The second-order valence-corrected chi connectivity index (χ2v) is 6.41. The molecular formula is C17H17ClN2O3. The minimum Gasteiger partial charge on any atom is -0.324 e. The lowest BCUT2D eigenvalue weighted by Crippen LogP contribution is -2.38. The van der Waals surface area contributed by atoms with Gasteiger partial charge in [0, 0.05) is 10.7 Å². The Morgan fingerprint density at radius 1 is 1.26 bits per heavy atom. The Morgan fingerprint density at radius 2 is 1.96 bits per heavy atom. The van der Waals surface area contributed by atoms with Gasteiger partial charge in [-0.25, -0.2) is 0 Å². The fourth-order valence-corrected chi connectivity index (χ4v) is 3.35. The Kier molecular flexibility index (Phi) is 4.22. The van der Waals surface area contributed by atoms with Crippen molar-refractivity contribution in [2.75, 3.05) is 11.9 Å². The summed E-state index contributed by atoms with van der Waals surface area (Å²) in [6.45, 7) is 1.63. The van der Waals surface area contributed by atoms with Crippen molar-refractivity contribution in [1.82, 2.24) is 4.90 Å². The van der Waals surface area contributed by atoms with Gasteiger partial charge in [0.1, 0.15) is 6.54 Å². The molecule has 0 bridgehead atoms. The highest BCUT2D eigenvalue weighted by molar-refractivity contribution is 6.30. The van der Waals surface area contributed by atoms with Crippen molar-refractivity contribution in [3.63, 3.8) is 0 Å². The van der Waals surface area contributed by atoms with Gasteiger partial charge in [-0.2, -0.15) is 0 Å². The van der Waals surface area contributed by atoms with Crippen LogP contribution in [0.4, 0.5) is 5.69 Å². The number of allylic oxidation sites excluding steroid dienone is 2. The number of hydrogen-bond donors (Lipinski definition) is 1. The number of hydrogen-bond acceptors (Lipinski definition) is 3. The number of rotatable bonds is 3. The third kappa shape index (κ3) is 3.01. The molecule has 5 nitrogen and oxygen atoms in total. The number of benzene rings is 1. The van der Waals surface area contributed by atoms with Crippen LogP contribution >= 0.6 is 11.6 Å². The molecule has 1 aromatic carbocycles. The monoisotopic (exact) mass is 332 g/mol. The van der Waals surface area contributed by atoms with Crippen LogP contribution in [0.5, 0.6) is 0 Å². The summed E-state index contributed by atoms with van der Waals surface area (Å²) < 4.78 is 0. The molecule has 2 atom stereocenters. The van der Waals surface area contributed by atoms with E-state index in [4.69, 9.17) is 11.6 Å². The van der Waals surface area contributed by atoms with Crippen molar-refractivity contribution in [2.45, 2.75) is 19.8 Å². The molecular weight excluding hydrogens is 316 g/mol. The van der Waals surface area contributed by atoms with Crippen LogP contribution in [-0.4, -0.2) is 29.2 Å². The zero-order valence-electron chi connectivity index (χ0n) is 12.7. The zero-order chi connectivity index (χ0) is 16.6. The number of aryl methyl sites for hydroxylation is 1. The van der Waals surface area contributed by atoms with E-state index >= 15 is 0 Å². The van der Waals surface area contributed by atoms with Gasteiger partial charge in [0.25, 0.3) is 0 Å². The summed E-state index contributed by atoms with van der Waals surface area (Å²) in [7, 11) is 0.